The number of carbonyl (C=O) groups is 2. The van der Waals surface area contributed by atoms with Gasteiger partial charge < -0.3 is 14.6 Å². The van der Waals surface area contributed by atoms with Gasteiger partial charge in [0.1, 0.15) is 26.6 Å². The largest absolute Gasteiger partial charge is 0.496 e. The number of hydrogen-bond donors (Lipinski definition) is 1. The summed E-state index contributed by atoms with van der Waals surface area (Å²) in [6.07, 6.45) is -1.31. The van der Waals surface area contributed by atoms with Crippen LogP contribution in [0.25, 0.3) is 0 Å². The second-order valence-electron chi connectivity index (χ2n) is 4.25. The van der Waals surface area contributed by atoms with E-state index in [1.807, 2.05) is 0 Å². The van der Waals surface area contributed by atoms with Gasteiger partial charge in [0.25, 0.3) is 11.9 Å². The number of methoxy groups -OCH3 is 1. The van der Waals surface area contributed by atoms with Crippen molar-refractivity contribution in [1.82, 2.24) is 0 Å². The number of hydrogen-bond acceptors (Lipinski definition) is 7. The van der Waals surface area contributed by atoms with Crippen LogP contribution in [-0.2, 0) is 4.79 Å². The van der Waals surface area contributed by atoms with Gasteiger partial charge >= 0.3 is 5.97 Å². The van der Waals surface area contributed by atoms with E-state index in [1.54, 1.807) is 0 Å². The van der Waals surface area contributed by atoms with Crippen LogP contribution in [0, 0.1) is 10.1 Å². The minimum absolute atomic E-state index is 0.0125. The van der Waals surface area contributed by atoms with Crippen molar-refractivity contribution in [2.45, 2.75) is 23.8 Å². The predicted molar refractivity (Wildman–Crippen MR) is 71.5 cm³/mol. The molecule has 1 unspecified atom stereocenters. The first-order valence-corrected chi connectivity index (χ1v) is 6.64. The second-order valence-corrected chi connectivity index (χ2v) is 5.17. The molecule has 1 aliphatic heterocycles. The second kappa shape index (κ2) is 6.00. The number of rotatable bonds is 5. The first-order chi connectivity index (χ1) is 9.92. The van der Waals surface area contributed by atoms with E-state index in [0.29, 0.717) is 11.9 Å². The summed E-state index contributed by atoms with van der Waals surface area (Å²) in [6, 6.07) is 2.85. The number of benzene rings is 1. The summed E-state index contributed by atoms with van der Waals surface area (Å²) >= 11 is 0.297. The molecule has 2 rings (SSSR count). The fourth-order valence-corrected chi connectivity index (χ4v) is 2.60. The van der Waals surface area contributed by atoms with Crippen molar-refractivity contribution in [3.8, 4) is 11.5 Å². The third-order valence-electron chi connectivity index (χ3n) is 2.85. The average Bonchev–Trinajstić information content (AvgIpc) is 2.38. The monoisotopic (exact) mass is 313 g/mol. The lowest BCUT2D eigenvalue weighted by Crippen LogP contribution is -2.30. The molecular weight excluding hydrogens is 302 g/mol. The molecule has 0 radical (unpaired) electrons. The summed E-state index contributed by atoms with van der Waals surface area (Å²) in [5.41, 5.74) is 0.117. The molecule has 0 saturated carbocycles. The van der Waals surface area contributed by atoms with E-state index >= 15 is 0 Å². The molecule has 0 amide bonds. The summed E-state index contributed by atoms with van der Waals surface area (Å²) in [6.45, 7) is 0. The lowest BCUT2D eigenvalue weighted by atomic mass is 9.98. The Morgan fingerprint density at radius 1 is 1.62 bits per heavy atom. The maximum absolute atomic E-state index is 12.2. The highest BCUT2D eigenvalue weighted by Gasteiger charge is 2.34. The van der Waals surface area contributed by atoms with Gasteiger partial charge in [-0.05, 0) is 12.1 Å². The van der Waals surface area contributed by atoms with Crippen LogP contribution < -0.4 is 9.47 Å². The van der Waals surface area contributed by atoms with Crippen LogP contribution in [0.4, 0.5) is 0 Å². The topological polar surface area (TPSA) is 116 Å². The summed E-state index contributed by atoms with van der Waals surface area (Å²) in [5.74, 6) is -1.21. The van der Waals surface area contributed by atoms with Gasteiger partial charge in [-0.3, -0.25) is 19.7 Å². The van der Waals surface area contributed by atoms with Crippen LogP contribution in [0.5, 0.6) is 11.5 Å². The molecule has 21 heavy (non-hydrogen) atoms. The number of fused-ring (bicyclic) bond motifs is 1. The highest BCUT2D eigenvalue weighted by molar-refractivity contribution is 7.93. The average molecular weight is 313 g/mol. The van der Waals surface area contributed by atoms with Gasteiger partial charge in [0, 0.05) is 6.42 Å². The van der Waals surface area contributed by atoms with Gasteiger partial charge in [-0.15, -0.1) is 0 Å². The third-order valence-corrected chi connectivity index (χ3v) is 3.52. The number of aliphatic carboxylic acids is 1. The minimum atomic E-state index is -1.11. The number of ketones is 1. The summed E-state index contributed by atoms with van der Waals surface area (Å²) in [7, 11) is 1.37. The Hall–Kier alpha value is -2.29. The van der Waals surface area contributed by atoms with Crippen LogP contribution in [0.1, 0.15) is 23.2 Å². The maximum atomic E-state index is 12.2. The highest BCUT2D eigenvalue weighted by atomic mass is 32.2. The standard InChI is InChI=1S/C12H11NO7S/c1-19-8-2-3-9(21-13(17)18)12-11(8)7(14)4-6(20-12)5-10(15)16/h2-3,6H,4-5H2,1H3,(H,15,16). The first-order valence-electron chi connectivity index (χ1n) is 5.87. The zero-order valence-corrected chi connectivity index (χ0v) is 11.7. The molecule has 0 aromatic heterocycles. The van der Waals surface area contributed by atoms with E-state index in [4.69, 9.17) is 14.6 Å². The molecule has 1 aromatic carbocycles. The van der Waals surface area contributed by atoms with Crippen molar-refractivity contribution in [3.05, 3.63) is 27.8 Å². The minimum Gasteiger partial charge on any atom is -0.496 e. The maximum Gasteiger partial charge on any atom is 0.307 e. The van der Waals surface area contributed by atoms with Crippen molar-refractivity contribution >= 4 is 23.7 Å². The molecule has 9 heteroatoms. The highest BCUT2D eigenvalue weighted by Crippen LogP contribution is 2.42. The normalized spacial score (nSPS) is 16.8. The zero-order valence-electron chi connectivity index (χ0n) is 10.9. The Morgan fingerprint density at radius 3 is 2.90 bits per heavy atom. The summed E-state index contributed by atoms with van der Waals surface area (Å²) in [4.78, 5) is 33.7. The zero-order chi connectivity index (χ0) is 15.6. The van der Waals surface area contributed by atoms with E-state index in [-0.39, 0.29) is 40.6 Å². The van der Waals surface area contributed by atoms with Gasteiger partial charge in [-0.1, -0.05) is 0 Å². The number of carbonyl (C=O) groups excluding carboxylic acids is 1. The molecular formula is C12H11NO7S. The van der Waals surface area contributed by atoms with Gasteiger partial charge in [-0.25, -0.2) is 0 Å². The van der Waals surface area contributed by atoms with E-state index in [0.717, 1.165) is 0 Å². The molecule has 1 aromatic rings. The Balaban J connectivity index is 2.46. The molecule has 0 aliphatic carbocycles. The van der Waals surface area contributed by atoms with Crippen LogP contribution in [0.3, 0.4) is 0 Å². The van der Waals surface area contributed by atoms with E-state index in [9.17, 15) is 19.7 Å². The van der Waals surface area contributed by atoms with E-state index < -0.39 is 16.4 Å². The molecule has 8 nitrogen and oxygen atoms in total. The van der Waals surface area contributed by atoms with Gasteiger partial charge in [0.15, 0.2) is 11.5 Å². The van der Waals surface area contributed by atoms with Crippen molar-refractivity contribution in [2.75, 3.05) is 7.11 Å². The van der Waals surface area contributed by atoms with Crippen LogP contribution in [-0.4, -0.2) is 34.4 Å². The number of nitrogens with zero attached hydrogens (tertiary/aromatic N) is 1. The first kappa shape index (κ1) is 15.1. The van der Waals surface area contributed by atoms with Gasteiger partial charge in [0.05, 0.1) is 13.5 Å². The van der Waals surface area contributed by atoms with Crippen LogP contribution >= 0.6 is 11.9 Å². The molecule has 1 atom stereocenters. The number of ether oxygens (including phenoxy) is 2. The summed E-state index contributed by atoms with van der Waals surface area (Å²) in [5, 5.41) is 19.4. The number of carboxylic acid groups (broad SMARTS) is 1. The molecule has 1 N–H and O–H groups in total. The van der Waals surface area contributed by atoms with Crippen LogP contribution in [0.2, 0.25) is 0 Å². The number of Topliss-reactive ketones (excluding diaryl/α,β-unsaturated/α-hetero) is 1. The fraction of sp³-hybridized carbons (Fsp3) is 0.333. The Kier molecular flexibility index (Phi) is 4.32. The van der Waals surface area contributed by atoms with Gasteiger partial charge in [0.2, 0.25) is 0 Å². The number of nitro groups is 1. The van der Waals surface area contributed by atoms with Crippen LogP contribution in [0.15, 0.2) is 17.0 Å². The van der Waals surface area contributed by atoms with Crippen molar-refractivity contribution in [3.63, 3.8) is 0 Å². The molecule has 0 bridgehead atoms. The van der Waals surface area contributed by atoms with E-state index in [2.05, 4.69) is 0 Å². The SMILES string of the molecule is COc1ccc(S[N+](=O)[O-])c2c1C(=O)CC(CC(=O)O)O2. The third kappa shape index (κ3) is 3.24. The van der Waals surface area contributed by atoms with E-state index in [1.165, 1.54) is 19.2 Å². The molecule has 0 saturated heterocycles. The molecule has 1 heterocycles. The fourth-order valence-electron chi connectivity index (χ4n) is 2.07. The smallest absolute Gasteiger partial charge is 0.307 e. The van der Waals surface area contributed by atoms with Crippen molar-refractivity contribution < 1.29 is 28.5 Å². The predicted octanol–water partition coefficient (Wildman–Crippen LogP) is 1.79. The quantitative estimate of drug-likeness (QED) is 0.497. The Labute approximate surface area is 123 Å². The van der Waals surface area contributed by atoms with Crippen molar-refractivity contribution in [2.24, 2.45) is 0 Å². The Morgan fingerprint density at radius 2 is 2.33 bits per heavy atom. The van der Waals surface area contributed by atoms with Crippen molar-refractivity contribution in [1.29, 1.82) is 0 Å². The number of carboxylic acids is 1. The lowest BCUT2D eigenvalue weighted by Gasteiger charge is -2.26. The molecule has 0 fully saturated rings. The molecule has 112 valence electrons. The summed E-state index contributed by atoms with van der Waals surface area (Å²) < 4.78 is 9.92. The van der Waals surface area contributed by atoms with Gasteiger partial charge in [-0.2, -0.15) is 0 Å². The Bertz CT molecular complexity index is 616. The molecule has 1 aliphatic rings. The lowest BCUT2D eigenvalue weighted by molar-refractivity contribution is -0.284. The molecule has 0 spiro atoms.